The molecule has 128 valence electrons. The van der Waals surface area contributed by atoms with Crippen molar-refractivity contribution in [1.82, 2.24) is 9.78 Å². The summed E-state index contributed by atoms with van der Waals surface area (Å²) in [4.78, 5) is 13.4. The van der Waals surface area contributed by atoms with E-state index in [-0.39, 0.29) is 0 Å². The number of fused-ring (bicyclic) bond motifs is 1. The highest BCUT2D eigenvalue weighted by atomic mass is 79.9. The minimum absolute atomic E-state index is 0.312. The predicted molar refractivity (Wildman–Crippen MR) is 106 cm³/mol. The molecule has 1 aromatic heterocycles. The first-order chi connectivity index (χ1) is 12.1. The second kappa shape index (κ2) is 7.45. The van der Waals surface area contributed by atoms with Crippen molar-refractivity contribution in [1.29, 1.82) is 0 Å². The number of hydrogen-bond donors (Lipinski definition) is 0. The maximum Gasteiger partial charge on any atom is 0.359 e. The van der Waals surface area contributed by atoms with Gasteiger partial charge in [0, 0.05) is 26.3 Å². The third kappa shape index (κ3) is 3.24. The van der Waals surface area contributed by atoms with E-state index >= 15 is 0 Å². The highest BCUT2D eigenvalue weighted by Crippen LogP contribution is 2.44. The Morgan fingerprint density at radius 2 is 2.16 bits per heavy atom. The van der Waals surface area contributed by atoms with Gasteiger partial charge in [0.05, 0.1) is 18.0 Å². The normalized spacial score (nSPS) is 13.4. The van der Waals surface area contributed by atoms with E-state index in [1.54, 1.807) is 29.4 Å². The lowest BCUT2D eigenvalue weighted by Gasteiger charge is -2.19. The quantitative estimate of drug-likeness (QED) is 0.635. The van der Waals surface area contributed by atoms with Gasteiger partial charge in [-0.3, -0.25) is 0 Å². The summed E-state index contributed by atoms with van der Waals surface area (Å²) in [7, 11) is 0. The average molecular weight is 417 g/mol. The zero-order valence-electron chi connectivity index (χ0n) is 13.8. The van der Waals surface area contributed by atoms with E-state index in [4.69, 9.17) is 4.74 Å². The van der Waals surface area contributed by atoms with E-state index in [0.29, 0.717) is 18.1 Å². The summed E-state index contributed by atoms with van der Waals surface area (Å²) in [5.41, 5.74) is 3.85. The molecule has 6 heteroatoms. The molecule has 0 atom stereocenters. The lowest BCUT2D eigenvalue weighted by Crippen LogP contribution is -2.09. The Kier molecular flexibility index (Phi) is 5.30. The monoisotopic (exact) mass is 416 g/mol. The maximum atomic E-state index is 12.4. The molecular weight excluding hydrogens is 400 g/mol. The van der Waals surface area contributed by atoms with E-state index in [0.717, 1.165) is 31.9 Å². The fourth-order valence-electron chi connectivity index (χ4n) is 2.73. The molecule has 0 saturated carbocycles. The molecule has 0 unspecified atom stereocenters. The second-order valence-corrected chi connectivity index (χ2v) is 7.23. The summed E-state index contributed by atoms with van der Waals surface area (Å²) in [5, 5.41) is 4.57. The van der Waals surface area contributed by atoms with Crippen molar-refractivity contribution in [3.05, 3.63) is 75.9 Å². The van der Waals surface area contributed by atoms with Gasteiger partial charge in [0.25, 0.3) is 0 Å². The van der Waals surface area contributed by atoms with Gasteiger partial charge in [-0.05, 0) is 19.1 Å². The molecule has 0 saturated heterocycles. The van der Waals surface area contributed by atoms with Crippen LogP contribution < -0.4 is 0 Å². The Balaban J connectivity index is 2.29. The van der Waals surface area contributed by atoms with Crippen LogP contribution in [0, 0.1) is 0 Å². The lowest BCUT2D eigenvalue weighted by atomic mass is 10.1. The van der Waals surface area contributed by atoms with Gasteiger partial charge >= 0.3 is 5.97 Å². The Morgan fingerprint density at radius 3 is 2.76 bits per heavy atom. The summed E-state index contributed by atoms with van der Waals surface area (Å²) < 4.78 is 7.77. The molecule has 2 heterocycles. The van der Waals surface area contributed by atoms with Gasteiger partial charge in [0.1, 0.15) is 0 Å². The molecule has 1 aliphatic heterocycles. The highest BCUT2D eigenvalue weighted by Gasteiger charge is 2.30. The number of nitrogens with zero attached hydrogens (tertiary/aromatic N) is 2. The molecule has 0 spiro atoms. The first-order valence-corrected chi connectivity index (χ1v) is 9.55. The van der Waals surface area contributed by atoms with Gasteiger partial charge in [-0.15, -0.1) is 11.8 Å². The van der Waals surface area contributed by atoms with Crippen molar-refractivity contribution in [3.63, 3.8) is 0 Å². The van der Waals surface area contributed by atoms with Crippen molar-refractivity contribution < 1.29 is 9.53 Å². The number of thioether (sulfide) groups is 1. The topological polar surface area (TPSA) is 44.1 Å². The van der Waals surface area contributed by atoms with Gasteiger partial charge in [-0.1, -0.05) is 53.4 Å². The third-order valence-corrected chi connectivity index (χ3v) is 5.61. The molecule has 1 aliphatic rings. The zero-order chi connectivity index (χ0) is 18.0. The minimum Gasteiger partial charge on any atom is -0.461 e. The van der Waals surface area contributed by atoms with Crippen LogP contribution >= 0.6 is 27.7 Å². The fourth-order valence-corrected chi connectivity index (χ4v) is 4.34. The van der Waals surface area contributed by atoms with Gasteiger partial charge in [-0.2, -0.15) is 5.10 Å². The van der Waals surface area contributed by atoms with Crippen LogP contribution in [-0.2, 0) is 10.5 Å². The van der Waals surface area contributed by atoms with E-state index in [2.05, 4.69) is 34.2 Å². The number of carbonyl (C=O) groups is 1. The van der Waals surface area contributed by atoms with Crippen LogP contribution in [0.2, 0.25) is 0 Å². The van der Waals surface area contributed by atoms with Crippen LogP contribution in [0.15, 0.2) is 59.0 Å². The number of allylic oxidation sites excluding steroid dienone is 3. The summed E-state index contributed by atoms with van der Waals surface area (Å²) in [6.45, 7) is 10.0. The Morgan fingerprint density at radius 1 is 1.44 bits per heavy atom. The number of aromatic nitrogens is 2. The van der Waals surface area contributed by atoms with Crippen molar-refractivity contribution in [2.45, 2.75) is 12.7 Å². The van der Waals surface area contributed by atoms with Crippen molar-refractivity contribution >= 4 is 39.2 Å². The Hall–Kier alpha value is -2.05. The number of carbonyl (C=O) groups excluding carboxylic acids is 1. The fraction of sp³-hybridized carbons (Fsp3) is 0.158. The predicted octanol–water partition coefficient (Wildman–Crippen LogP) is 5.10. The van der Waals surface area contributed by atoms with Crippen LogP contribution in [0.3, 0.4) is 0 Å². The highest BCUT2D eigenvalue weighted by molar-refractivity contribution is 9.12. The average Bonchev–Trinajstić information content (AvgIpc) is 3.01. The number of rotatable bonds is 5. The van der Waals surface area contributed by atoms with Gasteiger partial charge in [-0.25, -0.2) is 9.48 Å². The molecule has 0 bridgehead atoms. The summed E-state index contributed by atoms with van der Waals surface area (Å²) in [5.74, 6) is 0.215. The number of hydrogen-bond acceptors (Lipinski definition) is 4. The van der Waals surface area contributed by atoms with Crippen LogP contribution in [0.5, 0.6) is 0 Å². The molecule has 2 aromatic rings. The Bertz CT molecular complexity index is 884. The first kappa shape index (κ1) is 17.8. The first-order valence-electron chi connectivity index (χ1n) is 7.77. The number of halogens is 1. The summed E-state index contributed by atoms with van der Waals surface area (Å²) in [6, 6.07) is 9.72. The van der Waals surface area contributed by atoms with Crippen molar-refractivity contribution in [2.24, 2.45) is 0 Å². The molecule has 0 fully saturated rings. The van der Waals surface area contributed by atoms with Crippen molar-refractivity contribution in [2.75, 3.05) is 6.61 Å². The minimum atomic E-state index is -0.404. The van der Waals surface area contributed by atoms with Crippen molar-refractivity contribution in [3.8, 4) is 5.69 Å². The molecule has 1 aromatic carbocycles. The van der Waals surface area contributed by atoms with E-state index in [1.807, 2.05) is 30.3 Å². The largest absolute Gasteiger partial charge is 0.461 e. The molecular formula is C19H17BrN2O2S. The van der Waals surface area contributed by atoms with Gasteiger partial charge in [0.15, 0.2) is 5.69 Å². The SMILES string of the molecule is C=CC1=C(C(=C)Br)SCc2c(C(=O)OCC)nn(-c3ccccc3)c21. The molecule has 0 aliphatic carbocycles. The molecule has 4 nitrogen and oxygen atoms in total. The standard InChI is InChI=1S/C19H17BrN2O2S/c1-4-14-17-15(11-25-18(14)12(3)20)16(19(23)24-5-2)21-22(17)13-9-7-6-8-10-13/h4,6-10H,1,3,5,11H2,2H3. The number of ether oxygens (including phenoxy) is 1. The molecule has 25 heavy (non-hydrogen) atoms. The van der Waals surface area contributed by atoms with Crippen LogP contribution in [-0.4, -0.2) is 22.4 Å². The van der Waals surface area contributed by atoms with E-state index in [1.165, 1.54) is 0 Å². The lowest BCUT2D eigenvalue weighted by molar-refractivity contribution is 0.0518. The van der Waals surface area contributed by atoms with Gasteiger partial charge < -0.3 is 4.74 Å². The zero-order valence-corrected chi connectivity index (χ0v) is 16.2. The maximum absolute atomic E-state index is 12.4. The van der Waals surface area contributed by atoms with Crippen LogP contribution in [0.4, 0.5) is 0 Å². The number of para-hydroxylation sites is 1. The van der Waals surface area contributed by atoms with E-state index < -0.39 is 5.97 Å². The molecule has 3 rings (SSSR count). The van der Waals surface area contributed by atoms with Crippen LogP contribution in [0.1, 0.15) is 28.7 Å². The molecule has 0 radical (unpaired) electrons. The smallest absolute Gasteiger partial charge is 0.359 e. The Labute approximate surface area is 159 Å². The van der Waals surface area contributed by atoms with E-state index in [9.17, 15) is 4.79 Å². The second-order valence-electron chi connectivity index (χ2n) is 5.28. The molecule has 0 amide bonds. The third-order valence-electron chi connectivity index (χ3n) is 3.76. The van der Waals surface area contributed by atoms with Gasteiger partial charge in [0.2, 0.25) is 0 Å². The summed E-state index contributed by atoms with van der Waals surface area (Å²) in [6.07, 6.45) is 1.78. The van der Waals surface area contributed by atoms with Crippen LogP contribution in [0.25, 0.3) is 11.3 Å². The molecule has 0 N–H and O–H groups in total. The number of benzene rings is 1. The summed E-state index contributed by atoms with van der Waals surface area (Å²) >= 11 is 5.07. The number of esters is 1.